The number of rotatable bonds is 2. The van der Waals surface area contributed by atoms with Crippen molar-refractivity contribution < 1.29 is 13.2 Å². The molecular weight excluding hydrogens is 324 g/mol. The van der Waals surface area contributed by atoms with Crippen molar-refractivity contribution in [3.63, 3.8) is 0 Å². The Kier molecular flexibility index (Phi) is 4.12. The molecule has 0 radical (unpaired) electrons. The normalized spacial score (nSPS) is 34.2. The molecule has 1 aromatic carbocycles. The van der Waals surface area contributed by atoms with Crippen molar-refractivity contribution in [1.82, 2.24) is 10.6 Å². The zero-order chi connectivity index (χ0) is 16.7. The Morgan fingerprint density at radius 3 is 2.75 bits per heavy atom. The van der Waals surface area contributed by atoms with Crippen LogP contribution < -0.4 is 10.6 Å². The lowest BCUT2D eigenvalue weighted by Crippen LogP contribution is -2.45. The number of hydrogen-bond acceptors (Lipinski definition) is 4. The Morgan fingerprint density at radius 2 is 1.92 bits per heavy atom. The largest absolute Gasteiger partial charge is 0.348 e. The van der Waals surface area contributed by atoms with Gasteiger partial charge < -0.3 is 10.6 Å². The van der Waals surface area contributed by atoms with Gasteiger partial charge in [0.25, 0.3) is 0 Å². The van der Waals surface area contributed by atoms with E-state index in [9.17, 15) is 13.2 Å². The fourth-order valence-electron chi connectivity index (χ4n) is 4.53. The first kappa shape index (κ1) is 16.1. The van der Waals surface area contributed by atoms with E-state index in [1.165, 1.54) is 25.7 Å². The molecule has 1 saturated carbocycles. The van der Waals surface area contributed by atoms with E-state index in [1.54, 1.807) is 12.1 Å². The van der Waals surface area contributed by atoms with Gasteiger partial charge in [-0.2, -0.15) is 0 Å². The van der Waals surface area contributed by atoms with Gasteiger partial charge in [0.15, 0.2) is 9.84 Å². The molecule has 1 aromatic rings. The standard InChI is InChI=1S/C18H24N2O3S/c21-18(16-11-12-5-1-3-7-14(12)19-16)20-15-9-10-24(22,23)17-8-4-2-6-13(15)17/h2,4,6,8,12,14-16,19H,1,3,5,7,9-11H2,(H,20,21)/t12-,14+,15+,16-/m0/s1. The van der Waals surface area contributed by atoms with Gasteiger partial charge >= 0.3 is 0 Å². The van der Waals surface area contributed by atoms with Gasteiger partial charge in [0.1, 0.15) is 0 Å². The average molecular weight is 348 g/mol. The van der Waals surface area contributed by atoms with Crippen molar-refractivity contribution in [1.29, 1.82) is 0 Å². The van der Waals surface area contributed by atoms with Crippen LogP contribution in [0.4, 0.5) is 0 Å². The summed E-state index contributed by atoms with van der Waals surface area (Å²) in [6.07, 6.45) is 6.25. The van der Waals surface area contributed by atoms with Gasteiger partial charge in [-0.05, 0) is 43.2 Å². The van der Waals surface area contributed by atoms with Crippen LogP contribution in [0.25, 0.3) is 0 Å². The minimum absolute atomic E-state index is 0.0171. The number of sulfone groups is 1. The molecule has 1 aliphatic carbocycles. The highest BCUT2D eigenvalue weighted by molar-refractivity contribution is 7.91. The zero-order valence-electron chi connectivity index (χ0n) is 13.7. The minimum Gasteiger partial charge on any atom is -0.348 e. The fourth-order valence-corrected chi connectivity index (χ4v) is 6.15. The molecule has 2 N–H and O–H groups in total. The van der Waals surface area contributed by atoms with Crippen LogP contribution in [0.1, 0.15) is 50.1 Å². The SMILES string of the molecule is O=C(N[C@@H]1CCS(=O)(=O)c2ccccc21)[C@@H]1C[C@@H]2CCCC[C@H]2N1. The van der Waals surface area contributed by atoms with Crippen LogP contribution in [0.5, 0.6) is 0 Å². The summed E-state index contributed by atoms with van der Waals surface area (Å²) >= 11 is 0. The van der Waals surface area contributed by atoms with Gasteiger partial charge in [-0.15, -0.1) is 0 Å². The van der Waals surface area contributed by atoms with Gasteiger partial charge in [-0.3, -0.25) is 4.79 Å². The highest BCUT2D eigenvalue weighted by Crippen LogP contribution is 2.35. The Balaban J connectivity index is 1.49. The molecule has 0 aromatic heterocycles. The molecule has 130 valence electrons. The molecule has 4 rings (SSSR count). The van der Waals surface area contributed by atoms with Crippen molar-refractivity contribution in [3.05, 3.63) is 29.8 Å². The first-order chi connectivity index (χ1) is 11.5. The van der Waals surface area contributed by atoms with Gasteiger partial charge in [0.2, 0.25) is 5.91 Å². The average Bonchev–Trinajstić information content (AvgIpc) is 3.02. The highest BCUT2D eigenvalue weighted by Gasteiger charge is 2.39. The summed E-state index contributed by atoms with van der Waals surface area (Å²) < 4.78 is 24.4. The highest BCUT2D eigenvalue weighted by atomic mass is 32.2. The molecule has 6 heteroatoms. The molecule has 1 amide bonds. The molecule has 0 bridgehead atoms. The lowest BCUT2D eigenvalue weighted by atomic mass is 9.85. The molecule has 1 saturated heterocycles. The van der Waals surface area contributed by atoms with E-state index in [0.29, 0.717) is 23.3 Å². The Hall–Kier alpha value is -1.40. The van der Waals surface area contributed by atoms with Gasteiger partial charge in [-0.25, -0.2) is 8.42 Å². The number of carbonyl (C=O) groups is 1. The lowest BCUT2D eigenvalue weighted by Gasteiger charge is -2.27. The van der Waals surface area contributed by atoms with Crippen LogP contribution >= 0.6 is 0 Å². The van der Waals surface area contributed by atoms with E-state index >= 15 is 0 Å². The number of hydrogen-bond donors (Lipinski definition) is 2. The molecule has 2 fully saturated rings. The molecule has 2 aliphatic heterocycles. The Bertz CT molecular complexity index is 732. The van der Waals surface area contributed by atoms with E-state index in [-0.39, 0.29) is 23.7 Å². The van der Waals surface area contributed by atoms with E-state index in [2.05, 4.69) is 10.6 Å². The Labute approximate surface area is 143 Å². The molecule has 0 spiro atoms. The predicted molar refractivity (Wildman–Crippen MR) is 91.3 cm³/mol. The quantitative estimate of drug-likeness (QED) is 0.856. The zero-order valence-corrected chi connectivity index (χ0v) is 14.5. The van der Waals surface area contributed by atoms with Crippen LogP contribution in [0.3, 0.4) is 0 Å². The maximum absolute atomic E-state index is 12.7. The van der Waals surface area contributed by atoms with Crippen LogP contribution in [0.2, 0.25) is 0 Å². The number of carbonyl (C=O) groups excluding carboxylic acids is 1. The molecule has 3 aliphatic rings. The van der Waals surface area contributed by atoms with E-state index < -0.39 is 9.84 Å². The molecule has 24 heavy (non-hydrogen) atoms. The number of nitrogens with one attached hydrogen (secondary N) is 2. The second kappa shape index (κ2) is 6.15. The maximum atomic E-state index is 12.7. The summed E-state index contributed by atoms with van der Waals surface area (Å²) in [6.45, 7) is 0. The van der Waals surface area contributed by atoms with Crippen LogP contribution in [-0.4, -0.2) is 32.2 Å². The smallest absolute Gasteiger partial charge is 0.237 e. The number of amides is 1. The van der Waals surface area contributed by atoms with E-state index in [0.717, 1.165) is 12.0 Å². The number of benzene rings is 1. The summed E-state index contributed by atoms with van der Waals surface area (Å²) in [6, 6.07) is 7.17. The third-order valence-electron chi connectivity index (χ3n) is 5.80. The van der Waals surface area contributed by atoms with Gasteiger partial charge in [0.05, 0.1) is 22.7 Å². The first-order valence-corrected chi connectivity index (χ1v) is 10.6. The summed E-state index contributed by atoms with van der Waals surface area (Å²) in [5.41, 5.74) is 0.729. The molecule has 0 unspecified atom stereocenters. The predicted octanol–water partition coefficient (Wildman–Crippen LogP) is 1.94. The molecular formula is C18H24N2O3S. The minimum atomic E-state index is -3.21. The molecule has 5 nitrogen and oxygen atoms in total. The summed E-state index contributed by atoms with van der Waals surface area (Å²) in [5.74, 6) is 0.732. The Morgan fingerprint density at radius 1 is 1.12 bits per heavy atom. The van der Waals surface area contributed by atoms with Crippen molar-refractivity contribution >= 4 is 15.7 Å². The molecule has 2 heterocycles. The summed E-state index contributed by atoms with van der Waals surface area (Å²) in [7, 11) is -3.21. The second-order valence-electron chi connectivity index (χ2n) is 7.31. The summed E-state index contributed by atoms with van der Waals surface area (Å²) in [4.78, 5) is 13.1. The first-order valence-electron chi connectivity index (χ1n) is 8.93. The van der Waals surface area contributed by atoms with Crippen molar-refractivity contribution in [2.45, 2.75) is 61.5 Å². The summed E-state index contributed by atoms with van der Waals surface area (Å²) in [5, 5.41) is 6.59. The topological polar surface area (TPSA) is 75.3 Å². The van der Waals surface area contributed by atoms with Crippen LogP contribution in [-0.2, 0) is 14.6 Å². The van der Waals surface area contributed by atoms with Gasteiger partial charge in [-0.1, -0.05) is 31.0 Å². The molecule has 4 atom stereocenters. The van der Waals surface area contributed by atoms with Crippen LogP contribution in [0, 0.1) is 5.92 Å². The van der Waals surface area contributed by atoms with Crippen LogP contribution in [0.15, 0.2) is 29.2 Å². The van der Waals surface area contributed by atoms with E-state index in [1.807, 2.05) is 12.1 Å². The lowest BCUT2D eigenvalue weighted by molar-refractivity contribution is -0.123. The third-order valence-corrected chi connectivity index (χ3v) is 7.62. The second-order valence-corrected chi connectivity index (χ2v) is 9.39. The monoisotopic (exact) mass is 348 g/mol. The van der Waals surface area contributed by atoms with Crippen molar-refractivity contribution in [2.75, 3.05) is 5.75 Å². The third kappa shape index (κ3) is 2.86. The maximum Gasteiger partial charge on any atom is 0.237 e. The van der Waals surface area contributed by atoms with Crippen molar-refractivity contribution in [2.24, 2.45) is 5.92 Å². The van der Waals surface area contributed by atoms with E-state index in [4.69, 9.17) is 0 Å². The number of fused-ring (bicyclic) bond motifs is 2. The van der Waals surface area contributed by atoms with Gasteiger partial charge in [0, 0.05) is 6.04 Å². The fraction of sp³-hybridized carbons (Fsp3) is 0.611. The van der Waals surface area contributed by atoms with Crippen molar-refractivity contribution in [3.8, 4) is 0 Å².